The quantitative estimate of drug-likeness (QED) is 0.518. The number of amides is 2. The van der Waals surface area contributed by atoms with Crippen LogP contribution in [0.3, 0.4) is 0 Å². The first-order valence-corrected chi connectivity index (χ1v) is 10.1. The van der Waals surface area contributed by atoms with Crippen LogP contribution in [0.1, 0.15) is 45.4 Å². The van der Waals surface area contributed by atoms with E-state index in [0.29, 0.717) is 25.5 Å². The lowest BCUT2D eigenvalue weighted by atomic mass is 9.70. The fourth-order valence-corrected chi connectivity index (χ4v) is 4.15. The number of likely N-dealkylation sites (tertiary alicyclic amines) is 1. The molecule has 2 amide bonds. The van der Waals surface area contributed by atoms with Crippen molar-refractivity contribution in [2.75, 3.05) is 26.3 Å². The summed E-state index contributed by atoms with van der Waals surface area (Å²) in [6.07, 6.45) is 4.91. The van der Waals surface area contributed by atoms with Gasteiger partial charge in [0.05, 0.1) is 5.54 Å². The van der Waals surface area contributed by atoms with Crippen molar-refractivity contribution < 1.29 is 23.5 Å². The van der Waals surface area contributed by atoms with Gasteiger partial charge in [0.25, 0.3) is 5.91 Å². The Morgan fingerprint density at radius 1 is 1.25 bits per heavy atom. The predicted octanol–water partition coefficient (Wildman–Crippen LogP) is 2.66. The number of carbonyl (C=O) groups excluding carboxylic acids is 2. The number of nitrogens with zero attached hydrogens (tertiary/aromatic N) is 1. The number of rotatable bonds is 9. The molecule has 6 nitrogen and oxygen atoms in total. The molecular formula is C21H29FN2O4. The van der Waals surface area contributed by atoms with Crippen molar-refractivity contribution in [3.05, 3.63) is 30.1 Å². The Kier molecular flexibility index (Phi) is 6.88. The van der Waals surface area contributed by atoms with Crippen LogP contribution in [-0.4, -0.2) is 54.7 Å². The number of hydrogen-bond acceptors (Lipinski definition) is 4. The van der Waals surface area contributed by atoms with Crippen LogP contribution in [0.15, 0.2) is 24.3 Å². The first-order valence-electron chi connectivity index (χ1n) is 10.1. The third-order valence-electron chi connectivity index (χ3n) is 5.60. The van der Waals surface area contributed by atoms with Gasteiger partial charge in [-0.2, -0.15) is 0 Å². The lowest BCUT2D eigenvalue weighted by Crippen LogP contribution is -2.77. The SMILES string of the molecule is CCOCCCNC(=O)CN1C(=O)C(Oc2ccc(F)cc2)C12CCCCC2. The zero-order valence-corrected chi connectivity index (χ0v) is 16.4. The van der Waals surface area contributed by atoms with E-state index in [1.807, 2.05) is 6.92 Å². The summed E-state index contributed by atoms with van der Waals surface area (Å²) < 4.78 is 24.3. The molecule has 1 N–H and O–H groups in total. The van der Waals surface area contributed by atoms with Crippen LogP contribution >= 0.6 is 0 Å². The number of ether oxygens (including phenoxy) is 2. The molecule has 0 radical (unpaired) electrons. The average Bonchev–Trinajstić information content (AvgIpc) is 2.72. The molecular weight excluding hydrogens is 363 g/mol. The highest BCUT2D eigenvalue weighted by atomic mass is 19.1. The molecule has 1 aromatic rings. The molecule has 1 aromatic carbocycles. The van der Waals surface area contributed by atoms with Crippen LogP contribution < -0.4 is 10.1 Å². The maximum absolute atomic E-state index is 13.1. The number of hydrogen-bond donors (Lipinski definition) is 1. The maximum atomic E-state index is 13.1. The number of nitrogens with one attached hydrogen (secondary N) is 1. The Labute approximate surface area is 165 Å². The van der Waals surface area contributed by atoms with Crippen LogP contribution in [0, 0.1) is 5.82 Å². The summed E-state index contributed by atoms with van der Waals surface area (Å²) in [4.78, 5) is 26.8. The Morgan fingerprint density at radius 2 is 1.96 bits per heavy atom. The molecule has 7 heteroatoms. The van der Waals surface area contributed by atoms with Gasteiger partial charge in [-0.15, -0.1) is 0 Å². The van der Waals surface area contributed by atoms with Crippen LogP contribution in [0.5, 0.6) is 5.75 Å². The predicted molar refractivity (Wildman–Crippen MR) is 102 cm³/mol. The summed E-state index contributed by atoms with van der Waals surface area (Å²) in [5, 5.41) is 2.86. The van der Waals surface area contributed by atoms with Crippen molar-refractivity contribution in [1.82, 2.24) is 10.2 Å². The van der Waals surface area contributed by atoms with Gasteiger partial charge in [0, 0.05) is 19.8 Å². The zero-order valence-electron chi connectivity index (χ0n) is 16.4. The normalized spacial score (nSPS) is 20.7. The molecule has 1 atom stereocenters. The van der Waals surface area contributed by atoms with E-state index < -0.39 is 11.6 Å². The highest BCUT2D eigenvalue weighted by molar-refractivity contribution is 5.94. The Balaban J connectivity index is 1.60. The van der Waals surface area contributed by atoms with Gasteiger partial charge in [-0.05, 0) is 50.5 Å². The lowest BCUT2D eigenvalue weighted by molar-refractivity contribution is -0.187. The largest absolute Gasteiger partial charge is 0.478 e. The Bertz CT molecular complexity index is 673. The number of carbonyl (C=O) groups is 2. The second-order valence-corrected chi connectivity index (χ2v) is 7.44. The lowest BCUT2D eigenvalue weighted by Gasteiger charge is -2.58. The second-order valence-electron chi connectivity index (χ2n) is 7.44. The minimum absolute atomic E-state index is 0.0523. The summed E-state index contributed by atoms with van der Waals surface area (Å²) >= 11 is 0. The van der Waals surface area contributed by atoms with Crippen molar-refractivity contribution >= 4 is 11.8 Å². The molecule has 1 aliphatic heterocycles. The monoisotopic (exact) mass is 392 g/mol. The van der Waals surface area contributed by atoms with E-state index in [0.717, 1.165) is 38.5 Å². The summed E-state index contributed by atoms with van der Waals surface area (Å²) in [5.41, 5.74) is -0.438. The van der Waals surface area contributed by atoms with Crippen LogP contribution in [0.4, 0.5) is 4.39 Å². The first-order chi connectivity index (χ1) is 13.6. The molecule has 1 aliphatic carbocycles. The smallest absolute Gasteiger partial charge is 0.267 e. The van der Waals surface area contributed by atoms with Gasteiger partial charge in [-0.1, -0.05) is 19.3 Å². The third-order valence-corrected chi connectivity index (χ3v) is 5.60. The Hall–Kier alpha value is -2.15. The van der Waals surface area contributed by atoms with E-state index in [-0.39, 0.29) is 24.2 Å². The third kappa shape index (κ3) is 4.46. The summed E-state index contributed by atoms with van der Waals surface area (Å²) in [6.45, 7) is 3.79. The first kappa shape index (κ1) is 20.6. The molecule has 0 aromatic heterocycles. The fourth-order valence-electron chi connectivity index (χ4n) is 4.15. The molecule has 1 spiro atoms. The standard InChI is InChI=1S/C21H29FN2O4/c1-2-27-14-6-13-23-18(25)15-24-20(26)19(21(24)11-4-3-5-12-21)28-17-9-7-16(22)8-10-17/h7-10,19H,2-6,11-15H2,1H3,(H,23,25). The molecule has 3 rings (SSSR count). The zero-order chi connectivity index (χ0) is 20.0. The maximum Gasteiger partial charge on any atom is 0.267 e. The van der Waals surface area contributed by atoms with E-state index in [2.05, 4.69) is 5.32 Å². The fraction of sp³-hybridized carbons (Fsp3) is 0.619. The van der Waals surface area contributed by atoms with Gasteiger partial charge in [0.15, 0.2) is 6.10 Å². The van der Waals surface area contributed by atoms with Crippen molar-refractivity contribution in [1.29, 1.82) is 0 Å². The van der Waals surface area contributed by atoms with E-state index in [4.69, 9.17) is 9.47 Å². The molecule has 2 aliphatic rings. The number of benzene rings is 1. The van der Waals surface area contributed by atoms with Gasteiger partial charge < -0.3 is 19.7 Å². The second kappa shape index (κ2) is 9.37. The van der Waals surface area contributed by atoms with Crippen molar-refractivity contribution in [2.45, 2.75) is 57.1 Å². The molecule has 1 unspecified atom stereocenters. The molecule has 2 fully saturated rings. The molecule has 1 saturated carbocycles. The summed E-state index contributed by atoms with van der Waals surface area (Å²) in [5.74, 6) is -0.197. The molecule has 1 saturated heterocycles. The van der Waals surface area contributed by atoms with Crippen LogP contribution in [0.2, 0.25) is 0 Å². The van der Waals surface area contributed by atoms with E-state index in [1.54, 1.807) is 4.90 Å². The van der Waals surface area contributed by atoms with Crippen molar-refractivity contribution in [3.63, 3.8) is 0 Å². The molecule has 154 valence electrons. The van der Waals surface area contributed by atoms with Crippen molar-refractivity contribution in [2.24, 2.45) is 0 Å². The van der Waals surface area contributed by atoms with Crippen LogP contribution in [-0.2, 0) is 14.3 Å². The van der Waals surface area contributed by atoms with Gasteiger partial charge in [0.2, 0.25) is 5.91 Å². The number of halogens is 1. The summed E-state index contributed by atoms with van der Waals surface area (Å²) in [7, 11) is 0. The van der Waals surface area contributed by atoms with E-state index >= 15 is 0 Å². The van der Waals surface area contributed by atoms with Crippen LogP contribution in [0.25, 0.3) is 0 Å². The highest BCUT2D eigenvalue weighted by Gasteiger charge is 2.62. The van der Waals surface area contributed by atoms with Gasteiger partial charge in [0.1, 0.15) is 18.1 Å². The van der Waals surface area contributed by atoms with Gasteiger partial charge in [-0.25, -0.2) is 4.39 Å². The van der Waals surface area contributed by atoms with Gasteiger partial charge >= 0.3 is 0 Å². The van der Waals surface area contributed by atoms with Gasteiger partial charge in [-0.3, -0.25) is 9.59 Å². The van der Waals surface area contributed by atoms with Crippen molar-refractivity contribution in [3.8, 4) is 5.75 Å². The minimum atomic E-state index is -0.607. The topological polar surface area (TPSA) is 67.9 Å². The molecule has 1 heterocycles. The van der Waals surface area contributed by atoms with E-state index in [9.17, 15) is 14.0 Å². The average molecular weight is 392 g/mol. The molecule has 0 bridgehead atoms. The Morgan fingerprint density at radius 3 is 2.64 bits per heavy atom. The highest BCUT2D eigenvalue weighted by Crippen LogP contribution is 2.45. The molecule has 28 heavy (non-hydrogen) atoms. The summed E-state index contributed by atoms with van der Waals surface area (Å²) in [6, 6.07) is 5.71. The number of β-lactam (4-membered cyclic amide) rings is 1. The minimum Gasteiger partial charge on any atom is -0.478 e. The van der Waals surface area contributed by atoms with E-state index in [1.165, 1.54) is 24.3 Å².